The molecule has 1 aromatic carbocycles. The molecule has 18 heavy (non-hydrogen) atoms. The van der Waals surface area contributed by atoms with Gasteiger partial charge in [-0.3, -0.25) is 0 Å². The summed E-state index contributed by atoms with van der Waals surface area (Å²) in [6.45, 7) is 0. The van der Waals surface area contributed by atoms with Crippen LogP contribution in [0.3, 0.4) is 0 Å². The van der Waals surface area contributed by atoms with Crippen molar-refractivity contribution in [3.05, 3.63) is 35.9 Å². The Labute approximate surface area is 114 Å². The van der Waals surface area contributed by atoms with Gasteiger partial charge in [0.1, 0.15) is 0 Å². The van der Waals surface area contributed by atoms with Gasteiger partial charge in [-0.1, -0.05) is 43.2 Å². The minimum Gasteiger partial charge on any atom is -0.392 e. The second kappa shape index (κ2) is 7.17. The average Bonchev–Trinajstić information content (AvgIpc) is 2.42. The van der Waals surface area contributed by atoms with Crippen molar-refractivity contribution in [1.29, 1.82) is 0 Å². The van der Waals surface area contributed by atoms with Crippen molar-refractivity contribution in [2.45, 2.75) is 43.9 Å². The molecular formula is C15H23NOS. The van der Waals surface area contributed by atoms with Crippen molar-refractivity contribution in [2.75, 3.05) is 12.0 Å². The van der Waals surface area contributed by atoms with Crippen LogP contribution in [0.25, 0.3) is 0 Å². The predicted molar refractivity (Wildman–Crippen MR) is 79.0 cm³/mol. The number of thioether (sulfide) groups is 1. The van der Waals surface area contributed by atoms with Crippen LogP contribution in [0.2, 0.25) is 0 Å². The lowest BCUT2D eigenvalue weighted by Crippen LogP contribution is -2.44. The molecule has 0 aliphatic heterocycles. The van der Waals surface area contributed by atoms with E-state index in [1.807, 2.05) is 11.8 Å². The Morgan fingerprint density at radius 1 is 1.28 bits per heavy atom. The van der Waals surface area contributed by atoms with Gasteiger partial charge in [0.05, 0.1) is 6.10 Å². The first kappa shape index (κ1) is 13.9. The van der Waals surface area contributed by atoms with Gasteiger partial charge in [-0.25, -0.2) is 0 Å². The molecule has 0 radical (unpaired) electrons. The molecule has 0 unspecified atom stereocenters. The van der Waals surface area contributed by atoms with E-state index in [4.69, 9.17) is 0 Å². The maximum Gasteiger partial charge on any atom is 0.0693 e. The Morgan fingerprint density at radius 3 is 2.67 bits per heavy atom. The highest BCUT2D eigenvalue weighted by Gasteiger charge is 2.25. The van der Waals surface area contributed by atoms with Gasteiger partial charge in [0.25, 0.3) is 0 Å². The van der Waals surface area contributed by atoms with Crippen LogP contribution in [0.15, 0.2) is 30.3 Å². The van der Waals surface area contributed by atoms with Crippen molar-refractivity contribution in [1.82, 2.24) is 5.32 Å². The number of aliphatic hydroxyl groups is 1. The molecule has 2 N–H and O–H groups in total. The van der Waals surface area contributed by atoms with Crippen molar-refractivity contribution in [3.8, 4) is 0 Å². The van der Waals surface area contributed by atoms with Crippen molar-refractivity contribution < 1.29 is 5.11 Å². The zero-order chi connectivity index (χ0) is 12.8. The lowest BCUT2D eigenvalue weighted by atomic mass is 9.91. The maximum atomic E-state index is 10.1. The quantitative estimate of drug-likeness (QED) is 0.858. The first-order chi connectivity index (χ1) is 8.81. The summed E-state index contributed by atoms with van der Waals surface area (Å²) in [5.74, 6) is 1.05. The largest absolute Gasteiger partial charge is 0.392 e. The molecule has 0 bridgehead atoms. The van der Waals surface area contributed by atoms with Crippen LogP contribution in [0.1, 0.15) is 37.3 Å². The van der Waals surface area contributed by atoms with Crippen LogP contribution in [-0.4, -0.2) is 29.3 Å². The average molecular weight is 265 g/mol. The van der Waals surface area contributed by atoms with Crippen LogP contribution in [-0.2, 0) is 0 Å². The zero-order valence-electron chi connectivity index (χ0n) is 11.0. The number of rotatable bonds is 5. The fourth-order valence-corrected chi connectivity index (χ4v) is 3.28. The van der Waals surface area contributed by atoms with E-state index in [1.54, 1.807) is 0 Å². The Morgan fingerprint density at radius 2 is 2.00 bits per heavy atom. The first-order valence-corrected chi connectivity index (χ1v) is 8.18. The first-order valence-electron chi connectivity index (χ1n) is 6.79. The summed E-state index contributed by atoms with van der Waals surface area (Å²) < 4.78 is 0. The Bertz CT molecular complexity index is 344. The fraction of sp³-hybridized carbons (Fsp3) is 0.600. The molecule has 0 saturated heterocycles. The molecular weight excluding hydrogens is 242 g/mol. The van der Waals surface area contributed by atoms with Gasteiger partial charge >= 0.3 is 0 Å². The fourth-order valence-electron chi connectivity index (χ4n) is 2.66. The van der Waals surface area contributed by atoms with Gasteiger partial charge in [-0.2, -0.15) is 11.8 Å². The van der Waals surface area contributed by atoms with E-state index < -0.39 is 0 Å². The monoisotopic (exact) mass is 265 g/mol. The Balaban J connectivity index is 2.01. The molecule has 0 aromatic heterocycles. The minimum atomic E-state index is -0.174. The molecule has 1 fully saturated rings. The standard InChI is InChI=1S/C15H23NOS/c1-18-11-14(12-7-3-2-4-8-12)16-13-9-5-6-10-15(13)17/h2-4,7-8,13-17H,5-6,9-11H2,1H3/t13-,14-,15-/m0/s1. The van der Waals surface area contributed by atoms with Crippen LogP contribution < -0.4 is 5.32 Å². The summed E-state index contributed by atoms with van der Waals surface area (Å²) in [6, 6.07) is 11.2. The molecule has 100 valence electrons. The number of nitrogens with one attached hydrogen (secondary N) is 1. The van der Waals surface area contributed by atoms with E-state index in [2.05, 4.69) is 41.9 Å². The summed E-state index contributed by atoms with van der Waals surface area (Å²) in [5.41, 5.74) is 1.32. The zero-order valence-corrected chi connectivity index (χ0v) is 11.8. The third-order valence-corrected chi connectivity index (χ3v) is 4.35. The summed E-state index contributed by atoms with van der Waals surface area (Å²) >= 11 is 1.85. The van der Waals surface area contributed by atoms with E-state index in [-0.39, 0.29) is 12.1 Å². The number of hydrogen-bond acceptors (Lipinski definition) is 3. The Hall–Kier alpha value is -0.510. The van der Waals surface area contributed by atoms with Crippen molar-refractivity contribution >= 4 is 11.8 Å². The van der Waals surface area contributed by atoms with Gasteiger partial charge in [0, 0.05) is 17.8 Å². The van der Waals surface area contributed by atoms with Gasteiger partial charge in [0.15, 0.2) is 0 Å². The SMILES string of the molecule is CSC[C@H](N[C@H]1CCCC[C@@H]1O)c1ccccc1. The molecule has 0 amide bonds. The lowest BCUT2D eigenvalue weighted by Gasteiger charge is -2.32. The van der Waals surface area contributed by atoms with E-state index in [9.17, 15) is 5.11 Å². The molecule has 1 saturated carbocycles. The Kier molecular flexibility index (Phi) is 5.54. The number of hydrogen-bond donors (Lipinski definition) is 2. The predicted octanol–water partition coefficient (Wildman–Crippen LogP) is 2.98. The van der Waals surface area contributed by atoms with E-state index >= 15 is 0 Å². The van der Waals surface area contributed by atoms with E-state index in [0.717, 1.165) is 25.0 Å². The number of aliphatic hydroxyl groups excluding tert-OH is 1. The lowest BCUT2D eigenvalue weighted by molar-refractivity contribution is 0.0863. The van der Waals surface area contributed by atoms with Crippen LogP contribution in [0, 0.1) is 0 Å². The number of benzene rings is 1. The van der Waals surface area contributed by atoms with Crippen LogP contribution in [0.4, 0.5) is 0 Å². The normalized spacial score (nSPS) is 25.9. The highest BCUT2D eigenvalue weighted by molar-refractivity contribution is 7.98. The summed E-state index contributed by atoms with van der Waals surface area (Å²) in [6.07, 6.45) is 6.39. The van der Waals surface area contributed by atoms with Gasteiger partial charge < -0.3 is 10.4 Å². The van der Waals surface area contributed by atoms with Gasteiger partial charge in [-0.15, -0.1) is 0 Å². The molecule has 1 aliphatic carbocycles. The van der Waals surface area contributed by atoms with Gasteiger partial charge in [0.2, 0.25) is 0 Å². The minimum absolute atomic E-state index is 0.174. The van der Waals surface area contributed by atoms with Gasteiger partial charge in [-0.05, 0) is 24.7 Å². The summed E-state index contributed by atoms with van der Waals surface area (Å²) in [7, 11) is 0. The molecule has 0 spiro atoms. The van der Waals surface area contributed by atoms with E-state index in [1.165, 1.54) is 12.0 Å². The third-order valence-electron chi connectivity index (χ3n) is 3.68. The van der Waals surface area contributed by atoms with Crippen molar-refractivity contribution in [2.24, 2.45) is 0 Å². The van der Waals surface area contributed by atoms with Crippen molar-refractivity contribution in [3.63, 3.8) is 0 Å². The summed E-state index contributed by atoms with van der Waals surface area (Å²) in [5, 5.41) is 13.7. The topological polar surface area (TPSA) is 32.3 Å². The van der Waals surface area contributed by atoms with Crippen LogP contribution >= 0.6 is 11.8 Å². The molecule has 0 heterocycles. The third kappa shape index (κ3) is 3.74. The second-order valence-corrected chi connectivity index (χ2v) is 5.95. The van der Waals surface area contributed by atoms with E-state index in [0.29, 0.717) is 6.04 Å². The molecule has 3 atom stereocenters. The highest BCUT2D eigenvalue weighted by Crippen LogP contribution is 2.23. The molecule has 1 aromatic rings. The summed E-state index contributed by atoms with van der Waals surface area (Å²) in [4.78, 5) is 0. The molecule has 2 rings (SSSR count). The smallest absolute Gasteiger partial charge is 0.0693 e. The second-order valence-electron chi connectivity index (χ2n) is 5.04. The maximum absolute atomic E-state index is 10.1. The molecule has 2 nitrogen and oxygen atoms in total. The van der Waals surface area contributed by atoms with Crippen LogP contribution in [0.5, 0.6) is 0 Å². The molecule has 3 heteroatoms. The molecule has 1 aliphatic rings. The highest BCUT2D eigenvalue weighted by atomic mass is 32.2.